The molecule has 0 aliphatic heterocycles. The molecule has 0 amide bonds. The normalized spacial score (nSPS) is 12.2. The molecule has 0 radical (unpaired) electrons. The summed E-state index contributed by atoms with van der Waals surface area (Å²) in [6.45, 7) is 13.4. The van der Waals surface area contributed by atoms with Crippen molar-refractivity contribution in [3.8, 4) is 11.5 Å². The Kier molecular flexibility index (Phi) is 6.34. The van der Waals surface area contributed by atoms with E-state index in [9.17, 15) is 0 Å². The van der Waals surface area contributed by atoms with E-state index in [4.69, 9.17) is 4.98 Å². The van der Waals surface area contributed by atoms with Crippen molar-refractivity contribution < 1.29 is 0 Å². The van der Waals surface area contributed by atoms with E-state index in [2.05, 4.69) is 108 Å². The molecule has 2 aromatic heterocycles. The van der Waals surface area contributed by atoms with Crippen LogP contribution in [0.25, 0.3) is 45.1 Å². The van der Waals surface area contributed by atoms with Crippen LogP contribution >= 0.6 is 0 Å². The van der Waals surface area contributed by atoms with Gasteiger partial charge in [0.15, 0.2) is 5.82 Å². The van der Waals surface area contributed by atoms with Gasteiger partial charge >= 0.3 is 0 Å². The molecular formula is C30H31N5. The third-order valence-corrected chi connectivity index (χ3v) is 6.74. The number of rotatable bonds is 8. The summed E-state index contributed by atoms with van der Waals surface area (Å²) in [5.41, 5.74) is 9.67. The molecule has 5 heteroatoms. The number of fused-ring (bicyclic) bond motifs is 2. The highest BCUT2D eigenvalue weighted by Gasteiger charge is 2.17. The van der Waals surface area contributed by atoms with Gasteiger partial charge in [-0.2, -0.15) is 5.10 Å². The van der Waals surface area contributed by atoms with Gasteiger partial charge in [0, 0.05) is 11.9 Å². The minimum Gasteiger partial charge on any atom is -0.337 e. The lowest BCUT2D eigenvalue weighted by atomic mass is 9.93. The van der Waals surface area contributed by atoms with Crippen molar-refractivity contribution in [2.45, 2.75) is 27.3 Å². The van der Waals surface area contributed by atoms with Crippen LogP contribution < -0.4 is 0 Å². The summed E-state index contributed by atoms with van der Waals surface area (Å²) in [5.74, 6) is 0.781. The summed E-state index contributed by atoms with van der Waals surface area (Å²) in [6.07, 6.45) is 4.06. The zero-order valence-corrected chi connectivity index (χ0v) is 20.6. The summed E-state index contributed by atoms with van der Waals surface area (Å²) in [7, 11) is 0. The fourth-order valence-corrected chi connectivity index (χ4v) is 4.78. The van der Waals surface area contributed by atoms with Gasteiger partial charge in [-0.15, -0.1) is 0 Å². The topological polar surface area (TPSA) is 60.6 Å². The molecule has 3 aromatic carbocycles. The van der Waals surface area contributed by atoms with E-state index in [1.807, 2.05) is 12.1 Å². The molecule has 2 heterocycles. The van der Waals surface area contributed by atoms with Crippen LogP contribution in [0.1, 0.15) is 43.0 Å². The zero-order chi connectivity index (χ0) is 24.4. The minimum absolute atomic E-state index is 0.781. The molecular weight excluding hydrogens is 430 g/mol. The predicted octanol–water partition coefficient (Wildman–Crippen LogP) is 7.04. The number of nitrogens with one attached hydrogen (secondary N) is 2. The molecule has 0 aliphatic rings. The smallest absolute Gasteiger partial charge is 0.159 e. The largest absolute Gasteiger partial charge is 0.337 e. The van der Waals surface area contributed by atoms with E-state index < -0.39 is 0 Å². The third-order valence-electron chi connectivity index (χ3n) is 6.74. The maximum atomic E-state index is 5.01. The number of aromatic amines is 2. The molecule has 5 nitrogen and oxygen atoms in total. The van der Waals surface area contributed by atoms with Crippen LogP contribution in [0, 0.1) is 0 Å². The second kappa shape index (κ2) is 9.72. The number of hydrogen-bond acceptors (Lipinski definition) is 3. The van der Waals surface area contributed by atoms with E-state index in [0.717, 1.165) is 64.2 Å². The van der Waals surface area contributed by atoms with Crippen LogP contribution in [-0.2, 0) is 6.54 Å². The molecule has 5 rings (SSSR count). The van der Waals surface area contributed by atoms with Crippen molar-refractivity contribution in [1.82, 2.24) is 25.1 Å². The van der Waals surface area contributed by atoms with Crippen LogP contribution in [0.3, 0.4) is 0 Å². The van der Waals surface area contributed by atoms with Gasteiger partial charge in [0.2, 0.25) is 0 Å². The molecule has 35 heavy (non-hydrogen) atoms. The molecule has 176 valence electrons. The van der Waals surface area contributed by atoms with Crippen molar-refractivity contribution in [3.63, 3.8) is 0 Å². The Morgan fingerprint density at radius 3 is 2.60 bits per heavy atom. The Morgan fingerprint density at radius 1 is 1.00 bits per heavy atom. The maximum Gasteiger partial charge on any atom is 0.159 e. The SMILES string of the molecule is C=Cc1ccccc1/C(=C\C)c1ccc2[nH]nc(-c3nc4c(CN(CC)CC)cccc4[nH]3)c2c1. The number of benzene rings is 3. The van der Waals surface area contributed by atoms with E-state index in [1.54, 1.807) is 0 Å². The van der Waals surface area contributed by atoms with Gasteiger partial charge in [0.05, 0.1) is 16.6 Å². The lowest BCUT2D eigenvalue weighted by Crippen LogP contribution is -2.22. The number of para-hydroxylation sites is 1. The number of nitrogens with zero attached hydrogens (tertiary/aromatic N) is 3. The van der Waals surface area contributed by atoms with Gasteiger partial charge in [-0.3, -0.25) is 10.00 Å². The van der Waals surface area contributed by atoms with Crippen LogP contribution in [0.15, 0.2) is 73.3 Å². The van der Waals surface area contributed by atoms with Crippen molar-refractivity contribution in [1.29, 1.82) is 0 Å². The molecule has 0 saturated heterocycles. The highest BCUT2D eigenvalue weighted by atomic mass is 15.1. The number of H-pyrrole nitrogens is 2. The average molecular weight is 462 g/mol. The zero-order valence-electron chi connectivity index (χ0n) is 20.6. The molecule has 0 spiro atoms. The molecule has 0 unspecified atom stereocenters. The summed E-state index contributed by atoms with van der Waals surface area (Å²) >= 11 is 0. The van der Waals surface area contributed by atoms with Crippen LogP contribution in [0.2, 0.25) is 0 Å². The van der Waals surface area contributed by atoms with Gasteiger partial charge in [-0.25, -0.2) is 4.98 Å². The van der Waals surface area contributed by atoms with E-state index in [1.165, 1.54) is 16.7 Å². The minimum atomic E-state index is 0.781. The van der Waals surface area contributed by atoms with Crippen molar-refractivity contribution in [2.75, 3.05) is 13.1 Å². The highest BCUT2D eigenvalue weighted by Crippen LogP contribution is 2.33. The summed E-state index contributed by atoms with van der Waals surface area (Å²) in [5, 5.41) is 8.88. The second-order valence-corrected chi connectivity index (χ2v) is 8.69. The Labute approximate surface area is 206 Å². The fraction of sp³-hybridized carbons (Fsp3) is 0.200. The number of aromatic nitrogens is 4. The summed E-state index contributed by atoms with van der Waals surface area (Å²) in [6, 6.07) is 21.1. The van der Waals surface area contributed by atoms with E-state index >= 15 is 0 Å². The van der Waals surface area contributed by atoms with Crippen molar-refractivity contribution >= 4 is 33.6 Å². The molecule has 0 fully saturated rings. The van der Waals surface area contributed by atoms with E-state index in [-0.39, 0.29) is 0 Å². The lowest BCUT2D eigenvalue weighted by Gasteiger charge is -2.17. The Morgan fingerprint density at radius 2 is 1.83 bits per heavy atom. The first kappa shape index (κ1) is 22.8. The van der Waals surface area contributed by atoms with Gasteiger partial charge in [0.1, 0.15) is 5.69 Å². The number of hydrogen-bond donors (Lipinski definition) is 2. The standard InChI is InChI=1S/C30H31N5/c1-5-20-12-9-10-14-24(20)23(6-2)21-16-17-26-25(18-21)29(34-33-26)30-31-27-15-11-13-22(28(27)32-30)19-35(7-3)8-4/h5-6,9-18H,1,7-8,19H2,2-4H3,(H,31,32)(H,33,34)/b23-6-. The maximum absolute atomic E-state index is 5.01. The summed E-state index contributed by atoms with van der Waals surface area (Å²) < 4.78 is 0. The summed E-state index contributed by atoms with van der Waals surface area (Å²) in [4.78, 5) is 10.9. The highest BCUT2D eigenvalue weighted by molar-refractivity contribution is 5.97. The Bertz CT molecular complexity index is 1530. The predicted molar refractivity (Wildman–Crippen MR) is 147 cm³/mol. The number of imidazole rings is 1. The van der Waals surface area contributed by atoms with Crippen LogP contribution in [-0.4, -0.2) is 38.2 Å². The van der Waals surface area contributed by atoms with Gasteiger partial charge in [-0.05, 0) is 66.0 Å². The Hall–Kier alpha value is -3.96. The number of allylic oxidation sites excluding steroid dienone is 1. The lowest BCUT2D eigenvalue weighted by molar-refractivity contribution is 0.297. The second-order valence-electron chi connectivity index (χ2n) is 8.69. The molecule has 0 saturated carbocycles. The third kappa shape index (κ3) is 4.19. The molecule has 2 N–H and O–H groups in total. The molecule has 0 atom stereocenters. The first-order valence-electron chi connectivity index (χ1n) is 12.2. The first-order chi connectivity index (χ1) is 17.2. The first-order valence-corrected chi connectivity index (χ1v) is 12.2. The van der Waals surface area contributed by atoms with Gasteiger partial charge in [-0.1, -0.05) is 75.0 Å². The fourth-order valence-electron chi connectivity index (χ4n) is 4.78. The Balaban J connectivity index is 1.60. The average Bonchev–Trinajstić information content (AvgIpc) is 3.52. The van der Waals surface area contributed by atoms with Crippen LogP contribution in [0.5, 0.6) is 0 Å². The molecule has 0 bridgehead atoms. The molecule has 0 aliphatic carbocycles. The van der Waals surface area contributed by atoms with Gasteiger partial charge in [0.25, 0.3) is 0 Å². The van der Waals surface area contributed by atoms with E-state index in [0.29, 0.717) is 0 Å². The quantitative estimate of drug-likeness (QED) is 0.260. The monoisotopic (exact) mass is 461 g/mol. The molecule has 5 aromatic rings. The van der Waals surface area contributed by atoms with Crippen LogP contribution in [0.4, 0.5) is 0 Å². The van der Waals surface area contributed by atoms with Gasteiger partial charge < -0.3 is 4.98 Å². The van der Waals surface area contributed by atoms with Crippen molar-refractivity contribution in [3.05, 3.63) is 95.6 Å². The van der Waals surface area contributed by atoms with Crippen molar-refractivity contribution in [2.24, 2.45) is 0 Å².